The van der Waals surface area contributed by atoms with Gasteiger partial charge in [-0.05, 0) is 69.4 Å². The zero-order chi connectivity index (χ0) is 28.9. The summed E-state index contributed by atoms with van der Waals surface area (Å²) in [6, 6.07) is 6.14. The Kier molecular flexibility index (Phi) is 9.17. The maximum atomic E-state index is 10.3. The highest BCUT2D eigenvalue weighted by Crippen LogP contribution is 2.25. The number of carbonyl (C=O) groups is 1. The van der Waals surface area contributed by atoms with E-state index < -0.39 is 0 Å². The summed E-state index contributed by atoms with van der Waals surface area (Å²) in [7, 11) is 4.07. The number of hydrogen-bond acceptors (Lipinski definition) is 9. The Morgan fingerprint density at radius 2 is 1.95 bits per heavy atom. The van der Waals surface area contributed by atoms with Gasteiger partial charge in [-0.3, -0.25) is 4.79 Å². The number of piperidine rings is 1. The summed E-state index contributed by atoms with van der Waals surface area (Å²) in [5.74, 6) is 7.50. The molecule has 9 nitrogen and oxygen atoms in total. The van der Waals surface area contributed by atoms with Crippen LogP contribution in [-0.4, -0.2) is 63.1 Å². The molecule has 4 heterocycles. The number of hydrogen-bond donors (Lipinski definition) is 2. The number of nitrogens with zero attached hydrogens (tertiary/aromatic N) is 6. The van der Waals surface area contributed by atoms with Crippen molar-refractivity contribution in [3.63, 3.8) is 0 Å². The third kappa shape index (κ3) is 7.03. The summed E-state index contributed by atoms with van der Waals surface area (Å²) in [4.78, 5) is 25.4. The monoisotopic (exact) mass is 558 g/mol. The van der Waals surface area contributed by atoms with E-state index in [-0.39, 0.29) is 5.41 Å². The van der Waals surface area contributed by atoms with Crippen molar-refractivity contribution in [2.45, 2.75) is 52.5 Å². The quantitative estimate of drug-likeness (QED) is 0.272. The lowest BCUT2D eigenvalue weighted by atomic mass is 9.93. The first kappa shape index (κ1) is 29.2. The second-order valence-electron chi connectivity index (χ2n) is 11.2. The zero-order valence-electron chi connectivity index (χ0n) is 24.2. The number of fused-ring (bicyclic) bond motifs is 1. The highest BCUT2D eigenvalue weighted by molar-refractivity contribution is 7.11. The SMILES string of the molecule is CC(C)(C)c1csc(C=O)n1.CNc1ccc(C)c(C#Cc2nn(CC3CCN(C)CC3)c3ncnc(N)c23)c1. The van der Waals surface area contributed by atoms with Crippen LogP contribution in [0.3, 0.4) is 0 Å². The summed E-state index contributed by atoms with van der Waals surface area (Å²) in [5.41, 5.74) is 11.7. The van der Waals surface area contributed by atoms with Crippen molar-refractivity contribution in [1.82, 2.24) is 29.6 Å². The number of rotatable bonds is 4. The van der Waals surface area contributed by atoms with Gasteiger partial charge in [-0.15, -0.1) is 11.3 Å². The number of nitrogens with two attached hydrogens (primary N) is 1. The predicted molar refractivity (Wildman–Crippen MR) is 163 cm³/mol. The summed E-state index contributed by atoms with van der Waals surface area (Å²) in [6.45, 7) is 11.4. The van der Waals surface area contributed by atoms with Gasteiger partial charge in [-0.2, -0.15) is 5.10 Å². The van der Waals surface area contributed by atoms with Crippen LogP contribution in [0.4, 0.5) is 11.5 Å². The van der Waals surface area contributed by atoms with Gasteiger partial charge in [0.15, 0.2) is 16.9 Å². The number of carbonyl (C=O) groups excluding carboxylic acids is 1. The fraction of sp³-hybridized carbons (Fsp3) is 0.433. The van der Waals surface area contributed by atoms with E-state index in [1.54, 1.807) is 0 Å². The fourth-order valence-corrected chi connectivity index (χ4v) is 5.30. The lowest BCUT2D eigenvalue weighted by Gasteiger charge is -2.28. The Labute approximate surface area is 240 Å². The normalized spacial score (nSPS) is 14.2. The molecule has 0 aliphatic carbocycles. The molecule has 0 radical (unpaired) electrons. The number of likely N-dealkylation sites (tertiary alicyclic amines) is 1. The van der Waals surface area contributed by atoms with E-state index in [0.29, 0.717) is 22.4 Å². The van der Waals surface area contributed by atoms with E-state index in [1.807, 2.05) is 29.2 Å². The molecule has 10 heteroatoms. The Hall–Kier alpha value is -3.81. The van der Waals surface area contributed by atoms with Gasteiger partial charge in [0.25, 0.3) is 0 Å². The van der Waals surface area contributed by atoms with Crippen LogP contribution in [0.1, 0.15) is 65.9 Å². The second kappa shape index (κ2) is 12.6. The molecule has 40 heavy (non-hydrogen) atoms. The van der Waals surface area contributed by atoms with Crippen molar-refractivity contribution in [2.24, 2.45) is 5.92 Å². The van der Waals surface area contributed by atoms with Crippen LogP contribution in [0.15, 0.2) is 29.9 Å². The first-order valence-corrected chi connectivity index (χ1v) is 14.3. The molecular formula is C30H38N8OS. The molecule has 0 bridgehead atoms. The van der Waals surface area contributed by atoms with E-state index in [0.717, 1.165) is 72.3 Å². The average Bonchev–Trinajstić information content (AvgIpc) is 3.56. The summed E-state index contributed by atoms with van der Waals surface area (Å²) >= 11 is 1.40. The van der Waals surface area contributed by atoms with Gasteiger partial charge in [0.1, 0.15) is 17.8 Å². The average molecular weight is 559 g/mol. The molecule has 0 unspecified atom stereocenters. The van der Waals surface area contributed by atoms with E-state index in [9.17, 15) is 4.79 Å². The lowest BCUT2D eigenvalue weighted by molar-refractivity contribution is 0.112. The van der Waals surface area contributed by atoms with Gasteiger partial charge in [-0.1, -0.05) is 32.8 Å². The molecule has 1 aliphatic heterocycles. The second-order valence-corrected chi connectivity index (χ2v) is 12.1. The Morgan fingerprint density at radius 1 is 1.20 bits per heavy atom. The largest absolute Gasteiger partial charge is 0.388 e. The number of aryl methyl sites for hydroxylation is 1. The Balaban J connectivity index is 0.000000283. The van der Waals surface area contributed by atoms with E-state index in [4.69, 9.17) is 10.8 Å². The summed E-state index contributed by atoms with van der Waals surface area (Å²) < 4.78 is 1.96. The minimum absolute atomic E-state index is 0.0533. The van der Waals surface area contributed by atoms with Crippen molar-refractivity contribution in [2.75, 3.05) is 38.2 Å². The minimum Gasteiger partial charge on any atom is -0.388 e. The standard InChI is InChI=1S/C22H27N7.C8H11NOS/c1-15-4-6-18(24-2)12-17(15)5-7-19-20-21(23)25-14-26-22(20)29(27-19)13-16-8-10-28(3)11-9-16;1-8(2,3)6-5-11-7(4-10)9-6/h4,6,12,14,16,24H,8-11,13H2,1-3H3,(H2,23,25,26);4-5H,1-3H3. The molecule has 0 amide bonds. The van der Waals surface area contributed by atoms with Gasteiger partial charge in [0.05, 0.1) is 11.1 Å². The van der Waals surface area contributed by atoms with Crippen LogP contribution >= 0.6 is 11.3 Å². The topological polar surface area (TPSA) is 115 Å². The van der Waals surface area contributed by atoms with Crippen LogP contribution < -0.4 is 11.1 Å². The number of nitrogens with one attached hydrogen (secondary N) is 1. The van der Waals surface area contributed by atoms with Crippen molar-refractivity contribution >= 4 is 40.2 Å². The van der Waals surface area contributed by atoms with E-state index >= 15 is 0 Å². The molecule has 4 aromatic rings. The van der Waals surface area contributed by atoms with Crippen molar-refractivity contribution in [3.8, 4) is 11.8 Å². The number of nitrogen functional groups attached to an aromatic ring is 1. The van der Waals surface area contributed by atoms with E-state index in [1.165, 1.54) is 17.7 Å². The molecule has 0 saturated carbocycles. The first-order chi connectivity index (χ1) is 19.1. The number of aldehydes is 1. The Morgan fingerprint density at radius 3 is 2.58 bits per heavy atom. The van der Waals surface area contributed by atoms with Gasteiger partial charge in [0.2, 0.25) is 0 Å². The maximum Gasteiger partial charge on any atom is 0.178 e. The smallest absolute Gasteiger partial charge is 0.178 e. The van der Waals surface area contributed by atoms with Crippen LogP contribution in [-0.2, 0) is 12.0 Å². The molecule has 210 valence electrons. The fourth-order valence-electron chi connectivity index (χ4n) is 4.46. The van der Waals surface area contributed by atoms with Crippen LogP contribution in [0, 0.1) is 24.7 Å². The van der Waals surface area contributed by atoms with Crippen molar-refractivity contribution in [3.05, 3.63) is 57.4 Å². The van der Waals surface area contributed by atoms with Gasteiger partial charge < -0.3 is 16.0 Å². The van der Waals surface area contributed by atoms with E-state index in [2.05, 4.69) is 77.8 Å². The van der Waals surface area contributed by atoms with Gasteiger partial charge in [-0.25, -0.2) is 19.6 Å². The predicted octanol–water partition coefficient (Wildman–Crippen LogP) is 4.75. The lowest BCUT2D eigenvalue weighted by Crippen LogP contribution is -2.32. The van der Waals surface area contributed by atoms with Crippen LogP contribution in [0.25, 0.3) is 11.0 Å². The minimum atomic E-state index is 0.0533. The summed E-state index contributed by atoms with van der Waals surface area (Å²) in [5, 5.41) is 11.2. The molecular weight excluding hydrogens is 520 g/mol. The molecule has 1 fully saturated rings. The molecule has 0 spiro atoms. The van der Waals surface area contributed by atoms with Crippen LogP contribution in [0.5, 0.6) is 0 Å². The van der Waals surface area contributed by atoms with Gasteiger partial charge >= 0.3 is 0 Å². The zero-order valence-corrected chi connectivity index (χ0v) is 25.0. The van der Waals surface area contributed by atoms with Crippen LogP contribution in [0.2, 0.25) is 0 Å². The van der Waals surface area contributed by atoms with Crippen molar-refractivity contribution in [1.29, 1.82) is 0 Å². The third-order valence-corrected chi connectivity index (χ3v) is 7.83. The molecule has 3 aromatic heterocycles. The first-order valence-electron chi connectivity index (χ1n) is 13.5. The maximum absolute atomic E-state index is 10.3. The molecule has 1 saturated heterocycles. The van der Waals surface area contributed by atoms with Crippen molar-refractivity contribution < 1.29 is 4.79 Å². The number of thiazole rings is 1. The third-order valence-electron chi connectivity index (χ3n) is 7.06. The molecule has 5 rings (SSSR count). The highest BCUT2D eigenvalue weighted by Gasteiger charge is 2.21. The number of anilines is 2. The number of benzene rings is 1. The molecule has 3 N–H and O–H groups in total. The highest BCUT2D eigenvalue weighted by atomic mass is 32.1. The number of aromatic nitrogens is 5. The molecule has 1 aromatic carbocycles. The Bertz CT molecular complexity index is 1530. The molecule has 1 aliphatic rings. The van der Waals surface area contributed by atoms with Gasteiger partial charge in [0, 0.05) is 35.6 Å². The molecule has 0 atom stereocenters. The summed E-state index contributed by atoms with van der Waals surface area (Å²) in [6.07, 6.45) is 4.62.